The Morgan fingerprint density at radius 1 is 1.32 bits per heavy atom. The van der Waals surface area contributed by atoms with Gasteiger partial charge in [-0.2, -0.15) is 4.37 Å². The maximum absolute atomic E-state index is 6.01. The molecule has 3 rings (SSSR count). The van der Waals surface area contributed by atoms with Crippen molar-refractivity contribution in [2.45, 2.75) is 69.9 Å². The van der Waals surface area contributed by atoms with Crippen LogP contribution in [0.4, 0.5) is 5.13 Å². The number of hydrogen-bond donors (Lipinski definition) is 1. The van der Waals surface area contributed by atoms with Crippen LogP contribution in [-0.2, 0) is 4.74 Å². The summed E-state index contributed by atoms with van der Waals surface area (Å²) in [5, 5.41) is 4.57. The van der Waals surface area contributed by atoms with E-state index >= 15 is 0 Å². The van der Waals surface area contributed by atoms with Crippen LogP contribution in [0.15, 0.2) is 0 Å². The minimum Gasteiger partial charge on any atom is -0.375 e. The fraction of sp³-hybridized carbons (Fsp3) is 0.857. The first kappa shape index (κ1) is 13.3. The predicted molar refractivity (Wildman–Crippen MR) is 77.8 cm³/mol. The summed E-state index contributed by atoms with van der Waals surface area (Å²) in [6, 6.07) is 0.480. The van der Waals surface area contributed by atoms with Crippen LogP contribution in [0.5, 0.6) is 0 Å². The number of anilines is 1. The van der Waals surface area contributed by atoms with Gasteiger partial charge in [0, 0.05) is 30.1 Å². The van der Waals surface area contributed by atoms with E-state index in [0.29, 0.717) is 12.0 Å². The first-order chi connectivity index (χ1) is 9.24. The van der Waals surface area contributed by atoms with E-state index in [0.717, 1.165) is 43.2 Å². The Morgan fingerprint density at radius 2 is 2.11 bits per heavy atom. The average Bonchev–Trinajstić information content (AvgIpc) is 3.20. The van der Waals surface area contributed by atoms with Gasteiger partial charge in [-0.05, 0) is 38.5 Å². The molecule has 0 aromatic carbocycles. The molecule has 1 saturated carbocycles. The summed E-state index contributed by atoms with van der Waals surface area (Å²) in [4.78, 5) is 4.62. The molecule has 2 fully saturated rings. The molecular formula is C14H23N3OS. The van der Waals surface area contributed by atoms with Crippen molar-refractivity contribution in [3.63, 3.8) is 0 Å². The van der Waals surface area contributed by atoms with Crippen molar-refractivity contribution < 1.29 is 4.74 Å². The van der Waals surface area contributed by atoms with Gasteiger partial charge in [0.2, 0.25) is 5.13 Å². The van der Waals surface area contributed by atoms with E-state index in [2.05, 4.69) is 28.5 Å². The molecule has 19 heavy (non-hydrogen) atoms. The molecule has 106 valence electrons. The minimum atomic E-state index is 0.0694. The lowest BCUT2D eigenvalue weighted by Gasteiger charge is -2.40. The Morgan fingerprint density at radius 3 is 2.79 bits per heavy atom. The number of rotatable bonds is 5. The molecule has 2 heterocycles. The molecule has 2 aliphatic rings. The van der Waals surface area contributed by atoms with Gasteiger partial charge < -0.3 is 10.1 Å². The van der Waals surface area contributed by atoms with E-state index in [1.807, 2.05) is 0 Å². The molecule has 1 aromatic rings. The van der Waals surface area contributed by atoms with Gasteiger partial charge in [-0.25, -0.2) is 4.98 Å². The van der Waals surface area contributed by atoms with Gasteiger partial charge in [0.1, 0.15) is 5.82 Å². The summed E-state index contributed by atoms with van der Waals surface area (Å²) >= 11 is 1.51. The number of nitrogens with zero attached hydrogens (tertiary/aromatic N) is 2. The van der Waals surface area contributed by atoms with Gasteiger partial charge in [0.15, 0.2) is 0 Å². The van der Waals surface area contributed by atoms with Crippen molar-refractivity contribution in [3.8, 4) is 0 Å². The van der Waals surface area contributed by atoms with Gasteiger partial charge in [-0.15, -0.1) is 0 Å². The van der Waals surface area contributed by atoms with Crippen molar-refractivity contribution in [2.24, 2.45) is 0 Å². The van der Waals surface area contributed by atoms with E-state index in [-0.39, 0.29) is 5.60 Å². The van der Waals surface area contributed by atoms with Crippen LogP contribution in [0, 0.1) is 0 Å². The number of hydrogen-bond acceptors (Lipinski definition) is 5. The van der Waals surface area contributed by atoms with E-state index in [1.165, 1.54) is 24.4 Å². The maximum atomic E-state index is 6.01. The molecule has 1 aromatic heterocycles. The fourth-order valence-electron chi connectivity index (χ4n) is 2.87. The standard InChI is InChI=1S/C14H23N3OS/c1-3-14(4-2)9-11(7-8-18-14)15-13-16-12(17-19-13)10-5-6-10/h10-11H,3-9H2,1-2H3,(H,15,16,17). The van der Waals surface area contributed by atoms with Crippen LogP contribution in [0.3, 0.4) is 0 Å². The van der Waals surface area contributed by atoms with E-state index in [9.17, 15) is 0 Å². The highest BCUT2D eigenvalue weighted by atomic mass is 32.1. The van der Waals surface area contributed by atoms with Crippen molar-refractivity contribution in [2.75, 3.05) is 11.9 Å². The van der Waals surface area contributed by atoms with Gasteiger partial charge >= 0.3 is 0 Å². The van der Waals surface area contributed by atoms with Gasteiger partial charge in [-0.3, -0.25) is 0 Å². The summed E-state index contributed by atoms with van der Waals surface area (Å²) < 4.78 is 10.5. The van der Waals surface area contributed by atoms with Crippen LogP contribution in [0.2, 0.25) is 0 Å². The molecule has 0 amide bonds. The number of aromatic nitrogens is 2. The quantitative estimate of drug-likeness (QED) is 0.896. The molecule has 0 spiro atoms. The third kappa shape index (κ3) is 2.92. The molecule has 1 saturated heterocycles. The smallest absolute Gasteiger partial charge is 0.202 e. The second-order valence-electron chi connectivity index (χ2n) is 5.80. The fourth-order valence-corrected chi connectivity index (χ4v) is 3.59. The summed E-state index contributed by atoms with van der Waals surface area (Å²) in [5.41, 5.74) is 0.0694. The Balaban J connectivity index is 1.61. The first-order valence-electron chi connectivity index (χ1n) is 7.49. The second-order valence-corrected chi connectivity index (χ2v) is 6.56. The summed E-state index contributed by atoms with van der Waals surface area (Å²) in [7, 11) is 0. The summed E-state index contributed by atoms with van der Waals surface area (Å²) in [5.74, 6) is 1.70. The Labute approximate surface area is 119 Å². The average molecular weight is 281 g/mol. The van der Waals surface area contributed by atoms with Crippen molar-refractivity contribution in [1.82, 2.24) is 9.36 Å². The zero-order chi connectivity index (χ0) is 13.3. The highest BCUT2D eigenvalue weighted by molar-refractivity contribution is 7.09. The first-order valence-corrected chi connectivity index (χ1v) is 8.26. The molecule has 1 atom stereocenters. The molecule has 1 N–H and O–H groups in total. The third-order valence-electron chi connectivity index (χ3n) is 4.49. The Hall–Kier alpha value is -0.680. The van der Waals surface area contributed by atoms with E-state index < -0.39 is 0 Å². The van der Waals surface area contributed by atoms with Crippen LogP contribution < -0.4 is 5.32 Å². The number of ether oxygens (including phenoxy) is 1. The monoisotopic (exact) mass is 281 g/mol. The molecular weight excluding hydrogens is 258 g/mol. The molecule has 5 heteroatoms. The van der Waals surface area contributed by atoms with Gasteiger partial charge in [0.25, 0.3) is 0 Å². The predicted octanol–water partition coefficient (Wildman–Crippen LogP) is 3.57. The SMILES string of the molecule is CCC1(CC)CC(Nc2nc(C3CC3)ns2)CCO1. The summed E-state index contributed by atoms with van der Waals surface area (Å²) in [6.45, 7) is 5.30. The van der Waals surface area contributed by atoms with Gasteiger partial charge in [0.05, 0.1) is 5.60 Å². The Kier molecular flexibility index (Phi) is 3.76. The second kappa shape index (κ2) is 5.37. The Bertz CT molecular complexity index is 426. The van der Waals surface area contributed by atoms with Crippen molar-refractivity contribution in [1.29, 1.82) is 0 Å². The summed E-state index contributed by atoms with van der Waals surface area (Å²) in [6.07, 6.45) is 6.86. The number of nitrogens with one attached hydrogen (secondary N) is 1. The largest absolute Gasteiger partial charge is 0.375 e. The van der Waals surface area contributed by atoms with Crippen LogP contribution in [0.25, 0.3) is 0 Å². The minimum absolute atomic E-state index is 0.0694. The molecule has 1 unspecified atom stereocenters. The highest BCUT2D eigenvalue weighted by Gasteiger charge is 2.35. The van der Waals surface area contributed by atoms with Crippen molar-refractivity contribution in [3.05, 3.63) is 5.82 Å². The lowest BCUT2D eigenvalue weighted by Crippen LogP contribution is -2.43. The maximum Gasteiger partial charge on any atom is 0.202 e. The molecule has 0 bridgehead atoms. The van der Waals surface area contributed by atoms with Crippen LogP contribution in [-0.4, -0.2) is 27.6 Å². The third-order valence-corrected chi connectivity index (χ3v) is 5.15. The zero-order valence-corrected chi connectivity index (χ0v) is 12.6. The lowest BCUT2D eigenvalue weighted by molar-refractivity contribution is -0.0864. The topological polar surface area (TPSA) is 47.0 Å². The lowest BCUT2D eigenvalue weighted by atomic mass is 9.86. The van der Waals surface area contributed by atoms with Crippen molar-refractivity contribution >= 4 is 16.7 Å². The van der Waals surface area contributed by atoms with E-state index in [1.54, 1.807) is 0 Å². The van der Waals surface area contributed by atoms with Gasteiger partial charge in [-0.1, -0.05) is 13.8 Å². The molecule has 4 nitrogen and oxygen atoms in total. The van der Waals surface area contributed by atoms with Crippen LogP contribution in [0.1, 0.15) is 64.1 Å². The zero-order valence-electron chi connectivity index (χ0n) is 11.8. The molecule has 1 aliphatic heterocycles. The van der Waals surface area contributed by atoms with Crippen LogP contribution >= 0.6 is 11.5 Å². The normalized spacial score (nSPS) is 26.3. The molecule has 1 aliphatic carbocycles. The molecule has 0 radical (unpaired) electrons. The highest BCUT2D eigenvalue weighted by Crippen LogP contribution is 2.39. The van der Waals surface area contributed by atoms with E-state index in [4.69, 9.17) is 4.74 Å².